The number of hydrogen-bond acceptors (Lipinski definition) is 3. The molecule has 1 rings (SSSR count). The third-order valence-corrected chi connectivity index (χ3v) is 2.08. The minimum atomic E-state index is -0.984. The molecule has 12 heavy (non-hydrogen) atoms. The smallest absolute Gasteiger partial charge is 0.328 e. The lowest BCUT2D eigenvalue weighted by Crippen LogP contribution is -1.84. The molecule has 0 fully saturated rings. The van der Waals surface area contributed by atoms with Crippen LogP contribution in [-0.2, 0) is 4.79 Å². The van der Waals surface area contributed by atoms with Gasteiger partial charge in [-0.1, -0.05) is 0 Å². The standard InChI is InChI=1S/C8H5NO2S/c9-5-7-2-1-6(12-7)3-4-8(10)11/h1-4H,(H,10,11)/b4-3+. The van der Waals surface area contributed by atoms with Crippen molar-refractivity contribution in [3.05, 3.63) is 28.0 Å². The summed E-state index contributed by atoms with van der Waals surface area (Å²) in [6.45, 7) is 0. The Labute approximate surface area is 73.2 Å². The normalized spacial score (nSPS) is 9.92. The number of hydrogen-bond donors (Lipinski definition) is 1. The molecule has 0 radical (unpaired) electrons. The number of nitriles is 1. The Kier molecular flexibility index (Phi) is 2.62. The summed E-state index contributed by atoms with van der Waals surface area (Å²) in [5, 5.41) is 16.7. The van der Waals surface area contributed by atoms with Crippen molar-refractivity contribution in [1.29, 1.82) is 5.26 Å². The topological polar surface area (TPSA) is 61.1 Å². The van der Waals surface area contributed by atoms with Crippen molar-refractivity contribution < 1.29 is 9.90 Å². The van der Waals surface area contributed by atoms with Crippen molar-refractivity contribution in [3.8, 4) is 6.07 Å². The fraction of sp³-hybridized carbons (Fsp3) is 0. The highest BCUT2D eigenvalue weighted by Crippen LogP contribution is 2.16. The number of thiophene rings is 1. The van der Waals surface area contributed by atoms with Crippen LogP contribution in [0.1, 0.15) is 9.75 Å². The molecule has 1 heterocycles. The summed E-state index contributed by atoms with van der Waals surface area (Å²) in [5.74, 6) is -0.984. The maximum Gasteiger partial charge on any atom is 0.328 e. The molecule has 60 valence electrons. The predicted molar refractivity (Wildman–Crippen MR) is 45.7 cm³/mol. The van der Waals surface area contributed by atoms with E-state index in [2.05, 4.69) is 0 Å². The van der Waals surface area contributed by atoms with Crippen molar-refractivity contribution in [2.75, 3.05) is 0 Å². The zero-order valence-corrected chi connectivity index (χ0v) is 6.84. The van der Waals surface area contributed by atoms with Gasteiger partial charge in [0.05, 0.1) is 0 Å². The third kappa shape index (κ3) is 2.22. The van der Waals surface area contributed by atoms with Crippen LogP contribution in [0.5, 0.6) is 0 Å². The van der Waals surface area contributed by atoms with Gasteiger partial charge in [-0.15, -0.1) is 11.3 Å². The number of carboxylic acid groups (broad SMARTS) is 1. The molecule has 0 unspecified atom stereocenters. The Morgan fingerprint density at radius 2 is 2.42 bits per heavy atom. The molecule has 1 aromatic heterocycles. The number of nitrogens with zero attached hydrogens (tertiary/aromatic N) is 1. The summed E-state index contributed by atoms with van der Waals surface area (Å²) in [6.07, 6.45) is 2.51. The molecular formula is C8H5NO2S. The minimum absolute atomic E-state index is 0.583. The summed E-state index contributed by atoms with van der Waals surface area (Å²) >= 11 is 1.26. The molecule has 0 saturated heterocycles. The van der Waals surface area contributed by atoms with Crippen LogP contribution in [0.15, 0.2) is 18.2 Å². The molecule has 0 aromatic carbocycles. The lowest BCUT2D eigenvalue weighted by Gasteiger charge is -1.79. The SMILES string of the molecule is N#Cc1ccc(/C=C/C(=O)O)s1. The van der Waals surface area contributed by atoms with Crippen LogP contribution in [-0.4, -0.2) is 11.1 Å². The van der Waals surface area contributed by atoms with Gasteiger partial charge in [0.15, 0.2) is 0 Å². The van der Waals surface area contributed by atoms with Crippen LogP contribution in [0.25, 0.3) is 6.08 Å². The highest BCUT2D eigenvalue weighted by molar-refractivity contribution is 7.13. The molecule has 0 saturated carbocycles. The Balaban J connectivity index is 2.78. The highest BCUT2D eigenvalue weighted by Gasteiger charge is 1.95. The van der Waals surface area contributed by atoms with Gasteiger partial charge < -0.3 is 5.11 Å². The fourth-order valence-electron chi connectivity index (χ4n) is 0.656. The van der Waals surface area contributed by atoms with Crippen LogP contribution in [0.3, 0.4) is 0 Å². The molecule has 0 atom stereocenters. The van der Waals surface area contributed by atoms with E-state index in [1.165, 1.54) is 17.4 Å². The predicted octanol–water partition coefficient (Wildman–Crippen LogP) is 1.72. The van der Waals surface area contributed by atoms with E-state index in [0.29, 0.717) is 4.88 Å². The molecule has 1 aromatic rings. The van der Waals surface area contributed by atoms with Gasteiger partial charge in [-0.2, -0.15) is 5.26 Å². The lowest BCUT2D eigenvalue weighted by atomic mass is 10.4. The molecule has 0 spiro atoms. The number of carboxylic acids is 1. The van der Waals surface area contributed by atoms with Gasteiger partial charge in [-0.05, 0) is 18.2 Å². The Morgan fingerprint density at radius 1 is 1.67 bits per heavy atom. The van der Waals surface area contributed by atoms with E-state index in [-0.39, 0.29) is 0 Å². The van der Waals surface area contributed by atoms with E-state index in [4.69, 9.17) is 10.4 Å². The first-order valence-corrected chi connectivity index (χ1v) is 3.95. The molecule has 0 aliphatic carbocycles. The first-order chi connectivity index (χ1) is 5.72. The third-order valence-electron chi connectivity index (χ3n) is 1.13. The summed E-state index contributed by atoms with van der Waals surface area (Å²) in [4.78, 5) is 11.5. The number of rotatable bonds is 2. The zero-order valence-electron chi connectivity index (χ0n) is 6.02. The van der Waals surface area contributed by atoms with E-state index in [0.717, 1.165) is 11.0 Å². The second-order valence-electron chi connectivity index (χ2n) is 1.99. The van der Waals surface area contributed by atoms with E-state index < -0.39 is 5.97 Å². The first kappa shape index (κ1) is 8.50. The molecule has 3 nitrogen and oxygen atoms in total. The van der Waals surface area contributed by atoms with Gasteiger partial charge in [-0.3, -0.25) is 0 Å². The maximum absolute atomic E-state index is 10.1. The van der Waals surface area contributed by atoms with Gasteiger partial charge in [0.2, 0.25) is 0 Å². The zero-order chi connectivity index (χ0) is 8.97. The quantitative estimate of drug-likeness (QED) is 0.703. The highest BCUT2D eigenvalue weighted by atomic mass is 32.1. The van der Waals surface area contributed by atoms with Crippen LogP contribution in [0.2, 0.25) is 0 Å². The number of aliphatic carboxylic acids is 1. The second-order valence-corrected chi connectivity index (χ2v) is 3.10. The van der Waals surface area contributed by atoms with Crippen molar-refractivity contribution in [3.63, 3.8) is 0 Å². The summed E-state index contributed by atoms with van der Waals surface area (Å²) in [5.41, 5.74) is 0. The minimum Gasteiger partial charge on any atom is -0.478 e. The second kappa shape index (κ2) is 3.69. The summed E-state index contributed by atoms with van der Waals surface area (Å²) in [6, 6.07) is 5.34. The first-order valence-electron chi connectivity index (χ1n) is 3.13. The molecule has 0 bridgehead atoms. The van der Waals surface area contributed by atoms with Crippen molar-refractivity contribution >= 4 is 23.4 Å². The van der Waals surface area contributed by atoms with Crippen LogP contribution in [0.4, 0.5) is 0 Å². The van der Waals surface area contributed by atoms with E-state index in [1.807, 2.05) is 6.07 Å². The monoisotopic (exact) mass is 179 g/mol. The van der Waals surface area contributed by atoms with E-state index in [9.17, 15) is 4.79 Å². The van der Waals surface area contributed by atoms with Gasteiger partial charge in [0.25, 0.3) is 0 Å². The fourth-order valence-corrected chi connectivity index (χ4v) is 1.36. The number of carbonyl (C=O) groups is 1. The van der Waals surface area contributed by atoms with Crippen LogP contribution >= 0.6 is 11.3 Å². The van der Waals surface area contributed by atoms with Crippen LogP contribution < -0.4 is 0 Å². The molecule has 0 aliphatic heterocycles. The van der Waals surface area contributed by atoms with Gasteiger partial charge in [0.1, 0.15) is 10.9 Å². The van der Waals surface area contributed by atoms with Gasteiger partial charge >= 0.3 is 5.97 Å². The van der Waals surface area contributed by atoms with Crippen molar-refractivity contribution in [2.45, 2.75) is 0 Å². The summed E-state index contributed by atoms with van der Waals surface area (Å²) in [7, 11) is 0. The Morgan fingerprint density at radius 3 is 2.92 bits per heavy atom. The van der Waals surface area contributed by atoms with Gasteiger partial charge in [-0.25, -0.2) is 4.79 Å². The maximum atomic E-state index is 10.1. The van der Waals surface area contributed by atoms with Gasteiger partial charge in [0, 0.05) is 11.0 Å². The van der Waals surface area contributed by atoms with Crippen molar-refractivity contribution in [2.24, 2.45) is 0 Å². The van der Waals surface area contributed by atoms with E-state index >= 15 is 0 Å². The average molecular weight is 179 g/mol. The van der Waals surface area contributed by atoms with E-state index in [1.54, 1.807) is 12.1 Å². The molecule has 0 aliphatic rings. The Bertz CT molecular complexity index is 359. The Hall–Kier alpha value is -1.60. The lowest BCUT2D eigenvalue weighted by molar-refractivity contribution is -0.131. The van der Waals surface area contributed by atoms with Crippen molar-refractivity contribution in [1.82, 2.24) is 0 Å². The summed E-state index contributed by atoms with van der Waals surface area (Å²) < 4.78 is 0. The molecular weight excluding hydrogens is 174 g/mol. The molecule has 1 N–H and O–H groups in total. The molecule has 0 amide bonds. The van der Waals surface area contributed by atoms with Crippen LogP contribution in [0, 0.1) is 11.3 Å². The largest absolute Gasteiger partial charge is 0.478 e. The molecule has 4 heteroatoms. The average Bonchev–Trinajstić information content (AvgIpc) is 2.48.